The van der Waals surface area contributed by atoms with Crippen LogP contribution in [0, 0.1) is 6.20 Å². The number of rotatable bonds is 7. The summed E-state index contributed by atoms with van der Waals surface area (Å²) in [7, 11) is 1.60. The molecule has 105 valence electrons. The number of aromatic nitrogens is 2. The summed E-state index contributed by atoms with van der Waals surface area (Å²) in [5.41, 5.74) is 4.24. The fourth-order valence-corrected chi connectivity index (χ4v) is 1.61. The van der Waals surface area contributed by atoms with Crippen LogP contribution in [0.15, 0.2) is 6.20 Å². The molecule has 0 aliphatic rings. The molecule has 0 spiro atoms. The fourth-order valence-electron chi connectivity index (χ4n) is 1.61. The molecule has 19 heavy (non-hydrogen) atoms. The molecule has 0 aliphatic carbocycles. The van der Waals surface area contributed by atoms with E-state index in [0.717, 1.165) is 6.42 Å². The van der Waals surface area contributed by atoms with Crippen molar-refractivity contribution < 1.29 is 14.3 Å². The minimum absolute atomic E-state index is 0.0111. The Morgan fingerprint density at radius 2 is 2.26 bits per heavy atom. The molecule has 3 N–H and O–H groups in total. The molecule has 0 unspecified atom stereocenters. The smallest absolute Gasteiger partial charge is 0.284 e. The molecule has 7 heteroatoms. The second-order valence-electron chi connectivity index (χ2n) is 4.59. The number of hydrogen-bond acceptors (Lipinski definition) is 4. The van der Waals surface area contributed by atoms with Crippen molar-refractivity contribution in [3.05, 3.63) is 18.2 Å². The second kappa shape index (κ2) is 6.33. The molecule has 1 aromatic heterocycles. The molecule has 0 bridgehead atoms. The molecule has 1 radical (unpaired) electrons. The van der Waals surface area contributed by atoms with E-state index in [4.69, 9.17) is 10.5 Å². The van der Waals surface area contributed by atoms with Gasteiger partial charge in [-0.1, -0.05) is 0 Å². The van der Waals surface area contributed by atoms with E-state index < -0.39 is 11.4 Å². The SMILES string of the molecule is COCCCNC(=O)C(C)(C)n1c[c]nc1C(N)=O. The number of carbonyl (C=O) groups is 2. The van der Waals surface area contributed by atoms with Crippen LogP contribution in [-0.4, -0.2) is 41.6 Å². The Bertz CT molecular complexity index is 454. The van der Waals surface area contributed by atoms with Gasteiger partial charge < -0.3 is 20.4 Å². The van der Waals surface area contributed by atoms with E-state index in [1.165, 1.54) is 10.8 Å². The highest BCUT2D eigenvalue weighted by Gasteiger charge is 2.32. The summed E-state index contributed by atoms with van der Waals surface area (Å²) >= 11 is 0. The van der Waals surface area contributed by atoms with Crippen LogP contribution < -0.4 is 11.1 Å². The molecule has 1 aromatic rings. The van der Waals surface area contributed by atoms with E-state index in [0.29, 0.717) is 13.2 Å². The van der Waals surface area contributed by atoms with Gasteiger partial charge in [0.25, 0.3) is 5.91 Å². The predicted molar refractivity (Wildman–Crippen MR) is 68.4 cm³/mol. The minimum atomic E-state index is -0.968. The Morgan fingerprint density at radius 1 is 1.58 bits per heavy atom. The van der Waals surface area contributed by atoms with Crippen LogP contribution in [0.2, 0.25) is 0 Å². The van der Waals surface area contributed by atoms with Gasteiger partial charge in [0.2, 0.25) is 5.91 Å². The van der Waals surface area contributed by atoms with Crippen LogP contribution in [-0.2, 0) is 15.1 Å². The van der Waals surface area contributed by atoms with E-state index in [1.54, 1.807) is 21.0 Å². The van der Waals surface area contributed by atoms with Crippen molar-refractivity contribution in [2.24, 2.45) is 5.73 Å². The van der Waals surface area contributed by atoms with Crippen LogP contribution in [0.3, 0.4) is 0 Å². The Kier molecular flexibility index (Phi) is 5.05. The van der Waals surface area contributed by atoms with Crippen LogP contribution in [0.5, 0.6) is 0 Å². The third kappa shape index (κ3) is 3.54. The normalized spacial score (nSPS) is 11.3. The highest BCUT2D eigenvalue weighted by Crippen LogP contribution is 2.17. The lowest BCUT2D eigenvalue weighted by Crippen LogP contribution is -2.46. The zero-order chi connectivity index (χ0) is 14.5. The molecular formula is C12H19N4O3. The number of amides is 2. The summed E-state index contributed by atoms with van der Waals surface area (Å²) in [5, 5.41) is 2.78. The van der Waals surface area contributed by atoms with E-state index in [9.17, 15) is 9.59 Å². The first-order valence-corrected chi connectivity index (χ1v) is 5.94. The zero-order valence-corrected chi connectivity index (χ0v) is 11.4. The van der Waals surface area contributed by atoms with Gasteiger partial charge in [-0.2, -0.15) is 0 Å². The van der Waals surface area contributed by atoms with Crippen molar-refractivity contribution in [2.45, 2.75) is 25.8 Å². The summed E-state index contributed by atoms with van der Waals surface area (Å²) in [6.45, 7) is 4.44. The Balaban J connectivity index is 2.76. The maximum absolute atomic E-state index is 12.1. The van der Waals surface area contributed by atoms with Crippen LogP contribution >= 0.6 is 0 Å². The first-order valence-electron chi connectivity index (χ1n) is 5.94. The highest BCUT2D eigenvalue weighted by atomic mass is 16.5. The monoisotopic (exact) mass is 267 g/mol. The Labute approximate surface area is 112 Å². The van der Waals surface area contributed by atoms with Gasteiger partial charge in [-0.25, -0.2) is 4.98 Å². The Hall–Kier alpha value is -1.89. The number of nitrogens with zero attached hydrogens (tertiary/aromatic N) is 2. The number of hydrogen-bond donors (Lipinski definition) is 2. The van der Waals surface area contributed by atoms with Gasteiger partial charge in [0.1, 0.15) is 11.7 Å². The van der Waals surface area contributed by atoms with Crippen molar-refractivity contribution >= 4 is 11.8 Å². The maximum atomic E-state index is 12.1. The van der Waals surface area contributed by atoms with Crippen molar-refractivity contribution in [3.8, 4) is 0 Å². The maximum Gasteiger partial charge on any atom is 0.284 e. The number of imidazole rings is 1. The average Bonchev–Trinajstić information content (AvgIpc) is 2.84. The molecular weight excluding hydrogens is 248 g/mol. The van der Waals surface area contributed by atoms with E-state index in [-0.39, 0.29) is 11.7 Å². The average molecular weight is 267 g/mol. The minimum Gasteiger partial charge on any atom is -0.385 e. The molecule has 0 saturated carbocycles. The van der Waals surface area contributed by atoms with Gasteiger partial charge in [-0.15, -0.1) is 0 Å². The molecule has 0 aromatic carbocycles. The van der Waals surface area contributed by atoms with Crippen molar-refractivity contribution in [2.75, 3.05) is 20.3 Å². The third-order valence-electron chi connectivity index (χ3n) is 2.77. The largest absolute Gasteiger partial charge is 0.385 e. The lowest BCUT2D eigenvalue weighted by atomic mass is 10.0. The van der Waals surface area contributed by atoms with Gasteiger partial charge in [-0.3, -0.25) is 9.59 Å². The van der Waals surface area contributed by atoms with Gasteiger partial charge in [0.15, 0.2) is 5.82 Å². The Morgan fingerprint density at radius 3 is 2.84 bits per heavy atom. The first-order chi connectivity index (χ1) is 8.91. The number of carbonyl (C=O) groups excluding carboxylic acids is 2. The summed E-state index contributed by atoms with van der Waals surface area (Å²) in [5.74, 6) is -0.906. The number of ether oxygens (including phenoxy) is 1. The number of nitrogens with two attached hydrogens (primary N) is 1. The highest BCUT2D eigenvalue weighted by molar-refractivity contribution is 5.91. The fraction of sp³-hybridized carbons (Fsp3) is 0.583. The van der Waals surface area contributed by atoms with E-state index >= 15 is 0 Å². The molecule has 0 aliphatic heterocycles. The summed E-state index contributed by atoms with van der Waals surface area (Å²) in [6, 6.07) is 0. The lowest BCUT2D eigenvalue weighted by molar-refractivity contribution is -0.128. The van der Waals surface area contributed by atoms with Crippen LogP contribution in [0.4, 0.5) is 0 Å². The van der Waals surface area contributed by atoms with E-state index in [2.05, 4.69) is 16.5 Å². The lowest BCUT2D eigenvalue weighted by Gasteiger charge is -2.26. The summed E-state index contributed by atoms with van der Waals surface area (Å²) in [4.78, 5) is 27.1. The first kappa shape index (κ1) is 15.2. The molecule has 1 rings (SSSR count). The molecule has 1 heterocycles. The molecule has 7 nitrogen and oxygen atoms in total. The number of nitrogens with one attached hydrogen (secondary N) is 1. The summed E-state index contributed by atoms with van der Waals surface area (Å²) < 4.78 is 6.32. The van der Waals surface area contributed by atoms with Crippen LogP contribution in [0.25, 0.3) is 0 Å². The number of methoxy groups -OCH3 is 1. The second-order valence-corrected chi connectivity index (χ2v) is 4.59. The predicted octanol–water partition coefficient (Wildman–Crippen LogP) is -0.330. The molecule has 0 fully saturated rings. The zero-order valence-electron chi connectivity index (χ0n) is 11.4. The number of primary amides is 1. The molecule has 0 atom stereocenters. The van der Waals surface area contributed by atoms with Crippen molar-refractivity contribution in [3.63, 3.8) is 0 Å². The molecule has 2 amide bonds. The van der Waals surface area contributed by atoms with Gasteiger partial charge in [-0.05, 0) is 20.3 Å². The summed E-state index contributed by atoms with van der Waals surface area (Å²) in [6.07, 6.45) is 4.69. The van der Waals surface area contributed by atoms with Crippen LogP contribution in [0.1, 0.15) is 30.9 Å². The van der Waals surface area contributed by atoms with Crippen molar-refractivity contribution in [1.29, 1.82) is 0 Å². The van der Waals surface area contributed by atoms with Gasteiger partial charge in [0, 0.05) is 26.5 Å². The van der Waals surface area contributed by atoms with Gasteiger partial charge >= 0.3 is 0 Å². The van der Waals surface area contributed by atoms with Crippen molar-refractivity contribution in [1.82, 2.24) is 14.9 Å². The van der Waals surface area contributed by atoms with E-state index in [1.807, 2.05) is 0 Å². The topological polar surface area (TPSA) is 99.2 Å². The third-order valence-corrected chi connectivity index (χ3v) is 2.77. The molecule has 0 saturated heterocycles. The standard InChI is InChI=1S/C12H19N4O3/c1-12(2,11(18)15-5-4-8-19-3)16-7-6-14-10(16)9(13)17/h7H,4-5,8H2,1-3H3,(H2,13,17)(H,15,18). The van der Waals surface area contributed by atoms with Gasteiger partial charge in [0.05, 0.1) is 0 Å². The quantitative estimate of drug-likeness (QED) is 0.661.